The Morgan fingerprint density at radius 3 is 2.53 bits per heavy atom. The van der Waals surface area contributed by atoms with Crippen LogP contribution >= 0.6 is 11.6 Å². The van der Waals surface area contributed by atoms with Gasteiger partial charge in [-0.3, -0.25) is 9.48 Å². The molecule has 1 heterocycles. The number of carbonyl (C=O) groups is 1. The standard InChI is InChI=1S/C11H9ClN2O3/c1-13-6-7(11(16)17)10(15)14(13)9-5-3-2-4-8(9)12/h2-6H,1H3,(H,16,17). The van der Waals surface area contributed by atoms with Gasteiger partial charge >= 0.3 is 5.97 Å². The summed E-state index contributed by atoms with van der Waals surface area (Å²) in [5, 5.41) is 9.24. The number of carboxylic acids is 1. The van der Waals surface area contributed by atoms with Crippen LogP contribution in [0.2, 0.25) is 5.02 Å². The SMILES string of the molecule is Cn1cc(C(=O)O)c(=O)n1-c1ccccc1Cl. The number of rotatable bonds is 2. The first kappa shape index (κ1) is 11.5. The summed E-state index contributed by atoms with van der Waals surface area (Å²) in [5.41, 5.74) is -0.435. The molecule has 0 saturated carbocycles. The Balaban J connectivity index is 2.74. The van der Waals surface area contributed by atoms with Crippen LogP contribution in [0.5, 0.6) is 0 Å². The molecule has 0 atom stereocenters. The molecule has 0 saturated heterocycles. The van der Waals surface area contributed by atoms with Crippen LogP contribution in [0, 0.1) is 0 Å². The number of nitrogens with zero attached hydrogens (tertiary/aromatic N) is 2. The van der Waals surface area contributed by atoms with Gasteiger partial charge in [0.05, 0.1) is 10.7 Å². The highest BCUT2D eigenvalue weighted by atomic mass is 35.5. The lowest BCUT2D eigenvalue weighted by Gasteiger charge is -2.07. The second-order valence-electron chi connectivity index (χ2n) is 3.49. The molecule has 88 valence electrons. The Labute approximate surface area is 101 Å². The fourth-order valence-electron chi connectivity index (χ4n) is 1.61. The molecule has 5 nitrogen and oxygen atoms in total. The minimum atomic E-state index is -1.25. The molecule has 0 aliphatic rings. The lowest BCUT2D eigenvalue weighted by molar-refractivity contribution is 0.0695. The third-order valence-electron chi connectivity index (χ3n) is 2.37. The molecule has 0 spiro atoms. The van der Waals surface area contributed by atoms with E-state index in [9.17, 15) is 9.59 Å². The molecule has 0 bridgehead atoms. The topological polar surface area (TPSA) is 64.2 Å². The third kappa shape index (κ3) is 1.85. The molecule has 0 radical (unpaired) electrons. The lowest BCUT2D eigenvalue weighted by Crippen LogP contribution is -2.22. The van der Waals surface area contributed by atoms with Gasteiger partial charge in [-0.2, -0.15) is 0 Å². The zero-order chi connectivity index (χ0) is 12.6. The average Bonchev–Trinajstić information content (AvgIpc) is 2.56. The highest BCUT2D eigenvalue weighted by molar-refractivity contribution is 6.32. The summed E-state index contributed by atoms with van der Waals surface area (Å²) in [6, 6.07) is 6.74. The van der Waals surface area contributed by atoms with Crippen molar-refractivity contribution in [2.75, 3.05) is 0 Å². The summed E-state index contributed by atoms with van der Waals surface area (Å²) >= 11 is 5.97. The molecule has 1 N–H and O–H groups in total. The van der Waals surface area contributed by atoms with E-state index in [1.807, 2.05) is 0 Å². The highest BCUT2D eigenvalue weighted by Gasteiger charge is 2.17. The summed E-state index contributed by atoms with van der Waals surface area (Å²) < 4.78 is 2.61. The largest absolute Gasteiger partial charge is 0.477 e. The molecule has 2 aromatic rings. The number of aromatic carboxylic acids is 1. The Hall–Kier alpha value is -2.01. The molecule has 0 aliphatic carbocycles. The number of para-hydroxylation sites is 1. The van der Waals surface area contributed by atoms with Crippen molar-refractivity contribution >= 4 is 17.6 Å². The number of hydrogen-bond donors (Lipinski definition) is 1. The number of aryl methyl sites for hydroxylation is 1. The van der Waals surface area contributed by atoms with E-state index in [0.29, 0.717) is 10.7 Å². The fraction of sp³-hybridized carbons (Fsp3) is 0.0909. The van der Waals surface area contributed by atoms with Gasteiger partial charge in [-0.1, -0.05) is 23.7 Å². The predicted octanol–water partition coefficient (Wildman–Crippen LogP) is 1.53. The van der Waals surface area contributed by atoms with Crippen molar-refractivity contribution < 1.29 is 9.90 Å². The molecule has 1 aromatic carbocycles. The smallest absolute Gasteiger partial charge is 0.342 e. The Morgan fingerprint density at radius 2 is 2.00 bits per heavy atom. The van der Waals surface area contributed by atoms with E-state index in [4.69, 9.17) is 16.7 Å². The number of benzene rings is 1. The van der Waals surface area contributed by atoms with Gasteiger partial charge in [0.1, 0.15) is 5.56 Å². The van der Waals surface area contributed by atoms with Gasteiger partial charge in [0.2, 0.25) is 0 Å². The summed E-state index contributed by atoms with van der Waals surface area (Å²) in [6.45, 7) is 0. The van der Waals surface area contributed by atoms with Gasteiger partial charge in [-0.25, -0.2) is 9.48 Å². The van der Waals surface area contributed by atoms with E-state index < -0.39 is 11.5 Å². The molecule has 0 amide bonds. The zero-order valence-corrected chi connectivity index (χ0v) is 9.68. The highest BCUT2D eigenvalue weighted by Crippen LogP contribution is 2.18. The number of halogens is 1. The molecule has 0 aliphatic heterocycles. The van der Waals surface area contributed by atoms with Crippen LogP contribution in [0.15, 0.2) is 35.3 Å². The minimum absolute atomic E-state index is 0.285. The zero-order valence-electron chi connectivity index (χ0n) is 8.92. The summed E-state index contributed by atoms with van der Waals surface area (Å²) in [6.07, 6.45) is 1.26. The first-order valence-corrected chi connectivity index (χ1v) is 5.17. The fourth-order valence-corrected chi connectivity index (χ4v) is 1.82. The Morgan fingerprint density at radius 1 is 1.35 bits per heavy atom. The first-order valence-electron chi connectivity index (χ1n) is 4.79. The Kier molecular flexibility index (Phi) is 2.77. The molecule has 1 aromatic heterocycles. The van der Waals surface area contributed by atoms with E-state index in [2.05, 4.69) is 0 Å². The van der Waals surface area contributed by atoms with Crippen molar-refractivity contribution in [1.29, 1.82) is 0 Å². The molecule has 2 rings (SSSR count). The third-order valence-corrected chi connectivity index (χ3v) is 2.68. The molecule has 0 fully saturated rings. The van der Waals surface area contributed by atoms with Crippen LogP contribution in [-0.4, -0.2) is 20.4 Å². The molecule has 17 heavy (non-hydrogen) atoms. The number of hydrogen-bond acceptors (Lipinski definition) is 2. The van der Waals surface area contributed by atoms with Crippen molar-refractivity contribution in [1.82, 2.24) is 9.36 Å². The lowest BCUT2D eigenvalue weighted by atomic mass is 10.3. The first-order chi connectivity index (χ1) is 8.02. The van der Waals surface area contributed by atoms with Gasteiger partial charge in [0.15, 0.2) is 0 Å². The van der Waals surface area contributed by atoms with Crippen LogP contribution in [-0.2, 0) is 7.05 Å². The monoisotopic (exact) mass is 252 g/mol. The predicted molar refractivity (Wildman–Crippen MR) is 63.0 cm³/mol. The summed E-state index contributed by atoms with van der Waals surface area (Å²) in [4.78, 5) is 22.7. The maximum absolute atomic E-state index is 11.9. The van der Waals surface area contributed by atoms with Gasteiger partial charge in [0.25, 0.3) is 5.56 Å². The van der Waals surface area contributed by atoms with Crippen LogP contribution in [0.3, 0.4) is 0 Å². The van der Waals surface area contributed by atoms with Crippen molar-refractivity contribution in [3.05, 3.63) is 51.4 Å². The summed E-state index contributed by atoms with van der Waals surface area (Å²) in [5.74, 6) is -1.25. The van der Waals surface area contributed by atoms with Gasteiger partial charge in [-0.15, -0.1) is 0 Å². The van der Waals surface area contributed by atoms with E-state index in [1.165, 1.54) is 15.6 Å². The maximum Gasteiger partial charge on any atom is 0.342 e. The van der Waals surface area contributed by atoms with Crippen molar-refractivity contribution in [2.45, 2.75) is 0 Å². The van der Waals surface area contributed by atoms with Crippen molar-refractivity contribution in [3.63, 3.8) is 0 Å². The second-order valence-corrected chi connectivity index (χ2v) is 3.90. The van der Waals surface area contributed by atoms with E-state index in [1.54, 1.807) is 31.3 Å². The van der Waals surface area contributed by atoms with E-state index >= 15 is 0 Å². The molecular formula is C11H9ClN2O3. The van der Waals surface area contributed by atoms with Crippen molar-refractivity contribution in [3.8, 4) is 5.69 Å². The number of carboxylic acid groups (broad SMARTS) is 1. The van der Waals surface area contributed by atoms with Crippen LogP contribution in [0.25, 0.3) is 5.69 Å². The van der Waals surface area contributed by atoms with Gasteiger partial charge in [0, 0.05) is 13.2 Å². The van der Waals surface area contributed by atoms with Crippen LogP contribution in [0.4, 0.5) is 0 Å². The van der Waals surface area contributed by atoms with Crippen molar-refractivity contribution in [2.24, 2.45) is 7.05 Å². The summed E-state index contributed by atoms with van der Waals surface area (Å²) in [7, 11) is 1.58. The van der Waals surface area contributed by atoms with Gasteiger partial charge in [-0.05, 0) is 12.1 Å². The van der Waals surface area contributed by atoms with Crippen LogP contribution < -0.4 is 5.56 Å². The minimum Gasteiger partial charge on any atom is -0.477 e. The maximum atomic E-state index is 11.9. The average molecular weight is 253 g/mol. The molecule has 6 heteroatoms. The Bertz CT molecular complexity index is 642. The molecular weight excluding hydrogens is 244 g/mol. The van der Waals surface area contributed by atoms with E-state index in [0.717, 1.165) is 0 Å². The molecule has 0 unspecified atom stereocenters. The van der Waals surface area contributed by atoms with Gasteiger partial charge < -0.3 is 5.11 Å². The van der Waals surface area contributed by atoms with E-state index in [-0.39, 0.29) is 5.56 Å². The normalized spacial score (nSPS) is 10.5. The quantitative estimate of drug-likeness (QED) is 0.882. The second kappa shape index (κ2) is 4.10. The van der Waals surface area contributed by atoms with Crippen LogP contribution in [0.1, 0.15) is 10.4 Å². The number of aromatic nitrogens is 2.